The average Bonchev–Trinajstić information content (AvgIpc) is 3.57. The standard InChI is InChI=1S/C20H26N6O3.C19H24N6O3/c1-23-17-16(18(28)24(2)20(23)29)26(11-14-7-4-3-5-8-14)19(22-17)25-10-6-9-21-15(12-25)13-27;1-22-16-15(17(27)23(2)19(22)28)25(11-13-6-4-3-5-7-13)18(21-16)24-9-8-20-10-14(26)12-24/h3-5,7-8,15,21,27H,6,9-13H2,1-2H3;3-7,14,20,26H,8-12H2,1-2H3. The van der Waals surface area contributed by atoms with Crippen molar-refractivity contribution in [1.82, 2.24) is 48.0 Å². The fourth-order valence-electron chi connectivity index (χ4n) is 7.56. The molecule has 18 heteroatoms. The zero-order chi connectivity index (χ0) is 40.4. The quantitative estimate of drug-likeness (QED) is 0.153. The summed E-state index contributed by atoms with van der Waals surface area (Å²) in [6, 6.07) is 19.6. The molecule has 4 N–H and O–H groups in total. The zero-order valence-electron chi connectivity index (χ0n) is 32.7. The molecule has 2 aliphatic heterocycles. The fraction of sp³-hybridized carbons (Fsp3) is 0.436. The van der Waals surface area contributed by atoms with E-state index in [1.165, 1.54) is 23.2 Å². The van der Waals surface area contributed by atoms with Crippen molar-refractivity contribution in [3.63, 3.8) is 0 Å². The molecule has 6 aromatic rings. The van der Waals surface area contributed by atoms with Gasteiger partial charge in [0.2, 0.25) is 11.9 Å². The lowest BCUT2D eigenvalue weighted by molar-refractivity contribution is 0.184. The van der Waals surface area contributed by atoms with Crippen molar-refractivity contribution >= 4 is 34.2 Å². The number of rotatable bonds is 7. The van der Waals surface area contributed by atoms with Crippen molar-refractivity contribution in [1.29, 1.82) is 0 Å². The van der Waals surface area contributed by atoms with Crippen LogP contribution in [0.4, 0.5) is 11.9 Å². The summed E-state index contributed by atoms with van der Waals surface area (Å²) >= 11 is 0. The van der Waals surface area contributed by atoms with Gasteiger partial charge in [0.05, 0.1) is 25.8 Å². The van der Waals surface area contributed by atoms with Crippen molar-refractivity contribution < 1.29 is 10.2 Å². The maximum atomic E-state index is 13.0. The van der Waals surface area contributed by atoms with Gasteiger partial charge in [-0.05, 0) is 24.1 Å². The van der Waals surface area contributed by atoms with Crippen LogP contribution < -0.4 is 42.9 Å². The van der Waals surface area contributed by atoms with E-state index < -0.39 is 17.5 Å². The van der Waals surface area contributed by atoms with Gasteiger partial charge in [-0.25, -0.2) is 9.59 Å². The molecule has 2 saturated heterocycles. The highest BCUT2D eigenvalue weighted by molar-refractivity contribution is 5.76. The molecule has 2 aliphatic rings. The monoisotopic (exact) mass is 782 g/mol. The smallest absolute Gasteiger partial charge is 0.332 e. The van der Waals surface area contributed by atoms with Gasteiger partial charge in [-0.1, -0.05) is 60.7 Å². The molecule has 302 valence electrons. The number of nitrogens with zero attached hydrogens (tertiary/aromatic N) is 10. The Hall–Kier alpha value is -5.82. The minimum atomic E-state index is -0.542. The molecule has 6 heterocycles. The summed E-state index contributed by atoms with van der Waals surface area (Å²) in [5.74, 6) is 1.23. The van der Waals surface area contributed by atoms with E-state index in [-0.39, 0.29) is 23.8 Å². The van der Waals surface area contributed by atoms with Crippen molar-refractivity contribution in [2.45, 2.75) is 31.7 Å². The number of hydrogen-bond donors (Lipinski definition) is 4. The Kier molecular flexibility index (Phi) is 11.6. The van der Waals surface area contributed by atoms with Crippen LogP contribution in [-0.2, 0) is 41.3 Å². The van der Waals surface area contributed by atoms with Gasteiger partial charge in [0.15, 0.2) is 22.3 Å². The van der Waals surface area contributed by atoms with Gasteiger partial charge in [-0.3, -0.25) is 37.0 Å². The minimum Gasteiger partial charge on any atom is -0.395 e. The van der Waals surface area contributed by atoms with Gasteiger partial charge in [0.1, 0.15) is 0 Å². The lowest BCUT2D eigenvalue weighted by Crippen LogP contribution is -2.41. The highest BCUT2D eigenvalue weighted by Crippen LogP contribution is 2.24. The molecule has 18 nitrogen and oxygen atoms in total. The third kappa shape index (κ3) is 7.80. The summed E-state index contributed by atoms with van der Waals surface area (Å²) in [5.41, 5.74) is 2.04. The minimum absolute atomic E-state index is 0.0235. The second-order valence-corrected chi connectivity index (χ2v) is 14.7. The summed E-state index contributed by atoms with van der Waals surface area (Å²) in [6.45, 7) is 5.31. The third-order valence-corrected chi connectivity index (χ3v) is 10.7. The number of benzene rings is 2. The summed E-state index contributed by atoms with van der Waals surface area (Å²) < 4.78 is 8.79. The molecule has 57 heavy (non-hydrogen) atoms. The Bertz CT molecular complexity index is 2610. The van der Waals surface area contributed by atoms with Gasteiger partial charge < -0.3 is 30.6 Å². The van der Waals surface area contributed by atoms with E-state index in [1.54, 1.807) is 14.1 Å². The van der Waals surface area contributed by atoms with Crippen molar-refractivity contribution in [3.05, 3.63) is 113 Å². The fourth-order valence-corrected chi connectivity index (χ4v) is 7.56. The van der Waals surface area contributed by atoms with Crippen LogP contribution in [0, 0.1) is 0 Å². The number of anilines is 2. The molecule has 2 unspecified atom stereocenters. The molecular weight excluding hydrogens is 733 g/mol. The number of nitrogens with one attached hydrogen (secondary N) is 2. The highest BCUT2D eigenvalue weighted by atomic mass is 16.3. The number of fused-ring (bicyclic) bond motifs is 2. The molecule has 0 bridgehead atoms. The van der Waals surface area contributed by atoms with E-state index in [0.29, 0.717) is 80.0 Å². The predicted octanol–water partition coefficient (Wildman–Crippen LogP) is -1.10. The first-order chi connectivity index (χ1) is 27.5. The summed E-state index contributed by atoms with van der Waals surface area (Å²) in [7, 11) is 6.21. The van der Waals surface area contributed by atoms with E-state index in [2.05, 4.69) is 20.5 Å². The van der Waals surface area contributed by atoms with Crippen LogP contribution >= 0.6 is 0 Å². The summed E-state index contributed by atoms with van der Waals surface area (Å²) in [4.78, 5) is 64.2. The van der Waals surface area contributed by atoms with E-state index in [9.17, 15) is 29.4 Å². The third-order valence-electron chi connectivity index (χ3n) is 10.7. The van der Waals surface area contributed by atoms with Crippen molar-refractivity contribution in [2.24, 2.45) is 28.2 Å². The Balaban J connectivity index is 0.000000174. The second-order valence-electron chi connectivity index (χ2n) is 14.7. The maximum Gasteiger partial charge on any atom is 0.332 e. The van der Waals surface area contributed by atoms with E-state index in [0.717, 1.165) is 39.8 Å². The maximum absolute atomic E-state index is 13.0. The second kappa shape index (κ2) is 16.7. The SMILES string of the molecule is Cn1c(=O)c2c(nc(N3CCCNC(CO)C3)n2Cc2ccccc2)n(C)c1=O.Cn1c(=O)c2c(nc(N3CCNCC(O)C3)n2Cc2ccccc2)n(C)c1=O. The number of aromatic nitrogens is 8. The highest BCUT2D eigenvalue weighted by Gasteiger charge is 2.27. The lowest BCUT2D eigenvalue weighted by Gasteiger charge is -2.25. The van der Waals surface area contributed by atoms with E-state index >= 15 is 0 Å². The van der Waals surface area contributed by atoms with Gasteiger partial charge >= 0.3 is 11.4 Å². The Labute approximate surface area is 327 Å². The van der Waals surface area contributed by atoms with Crippen LogP contribution in [0.5, 0.6) is 0 Å². The number of imidazole rings is 2. The van der Waals surface area contributed by atoms with Crippen molar-refractivity contribution in [2.75, 3.05) is 62.2 Å². The number of β-amino-alcohol motifs (C(OH)–C–C–N with tert-alkyl or cyclic N) is 1. The largest absolute Gasteiger partial charge is 0.395 e. The molecule has 0 radical (unpaired) electrons. The van der Waals surface area contributed by atoms with Crippen LogP contribution in [0.1, 0.15) is 17.5 Å². The molecule has 8 rings (SSSR count). The normalized spacial score (nSPS) is 17.7. The molecule has 0 saturated carbocycles. The predicted molar refractivity (Wildman–Crippen MR) is 218 cm³/mol. The van der Waals surface area contributed by atoms with Crippen LogP contribution in [0.2, 0.25) is 0 Å². The van der Waals surface area contributed by atoms with Crippen LogP contribution in [0.3, 0.4) is 0 Å². The first-order valence-corrected chi connectivity index (χ1v) is 19.1. The number of aliphatic hydroxyl groups is 2. The lowest BCUT2D eigenvalue weighted by atomic mass is 10.2. The van der Waals surface area contributed by atoms with E-state index in [1.807, 2.05) is 74.7 Å². The zero-order valence-corrected chi connectivity index (χ0v) is 32.7. The number of aliphatic hydroxyl groups excluding tert-OH is 2. The van der Waals surface area contributed by atoms with Gasteiger partial charge in [-0.2, -0.15) is 9.97 Å². The first-order valence-electron chi connectivity index (χ1n) is 19.1. The number of hydrogen-bond acceptors (Lipinski definition) is 12. The Morgan fingerprint density at radius 2 is 1.16 bits per heavy atom. The molecule has 0 amide bonds. The molecule has 4 aromatic heterocycles. The molecule has 2 atom stereocenters. The summed E-state index contributed by atoms with van der Waals surface area (Å²) in [6.07, 6.45) is 0.348. The van der Waals surface area contributed by atoms with Gasteiger partial charge in [-0.15, -0.1) is 0 Å². The number of aryl methyl sites for hydroxylation is 2. The molecule has 0 aliphatic carbocycles. The Morgan fingerprint density at radius 1 is 0.667 bits per heavy atom. The van der Waals surface area contributed by atoms with Crippen LogP contribution in [0.15, 0.2) is 79.8 Å². The molecular formula is C39H50N12O6. The van der Waals surface area contributed by atoms with Gasteiger partial charge in [0.25, 0.3) is 11.1 Å². The molecule has 2 fully saturated rings. The average molecular weight is 783 g/mol. The van der Waals surface area contributed by atoms with Gasteiger partial charge in [0, 0.05) is 73.5 Å². The van der Waals surface area contributed by atoms with Crippen LogP contribution in [0.25, 0.3) is 22.3 Å². The van der Waals surface area contributed by atoms with E-state index in [4.69, 9.17) is 4.98 Å². The first kappa shape index (κ1) is 39.4. The Morgan fingerprint density at radius 3 is 1.65 bits per heavy atom. The van der Waals surface area contributed by atoms with Crippen LogP contribution in [-0.4, -0.2) is 112 Å². The molecule has 0 spiro atoms. The summed E-state index contributed by atoms with van der Waals surface area (Å²) in [5, 5.41) is 26.4. The molecule has 2 aromatic carbocycles. The van der Waals surface area contributed by atoms with Crippen molar-refractivity contribution in [3.8, 4) is 0 Å². The topological polar surface area (TPSA) is 195 Å².